The first-order chi connectivity index (χ1) is 11.5. The van der Waals surface area contributed by atoms with Gasteiger partial charge in [-0.3, -0.25) is 21.1 Å². The fourth-order valence-corrected chi connectivity index (χ4v) is 3.00. The minimum Gasteiger partial charge on any atom is -0.369 e. The summed E-state index contributed by atoms with van der Waals surface area (Å²) < 4.78 is 0. The lowest BCUT2D eigenvalue weighted by molar-refractivity contribution is -0.128. The number of nitrogens with one attached hydrogen (secondary N) is 3. The van der Waals surface area contributed by atoms with Crippen molar-refractivity contribution in [2.45, 2.75) is 32.6 Å². The van der Waals surface area contributed by atoms with E-state index in [4.69, 9.17) is 11.1 Å². The van der Waals surface area contributed by atoms with Crippen LogP contribution in [0.3, 0.4) is 0 Å². The summed E-state index contributed by atoms with van der Waals surface area (Å²) in [7, 11) is 0. The summed E-state index contributed by atoms with van der Waals surface area (Å²) in [6.07, 6.45) is 24.7. The van der Waals surface area contributed by atoms with E-state index >= 15 is 0 Å². The van der Waals surface area contributed by atoms with Crippen LogP contribution in [0.2, 0.25) is 0 Å². The Bertz CT molecular complexity index is 603. The van der Waals surface area contributed by atoms with Crippen molar-refractivity contribution in [3.63, 3.8) is 0 Å². The van der Waals surface area contributed by atoms with Gasteiger partial charge in [0.05, 0.1) is 5.41 Å². The number of guanidine groups is 1. The molecule has 24 heavy (non-hydrogen) atoms. The standard InChI is InChI=1S/C19H26N4O/c1-18(16(24)22-23-17(20)21)13-14-19(15-18)11-9-7-5-3-2-4-6-8-10-12-19/h3-6,9-14H,2,7-8,15H2,1H3,(H,22,24)(H4,20,21,23)/b5-3-,6-4-,11-9-,12-10-. The third kappa shape index (κ3) is 4.72. The highest BCUT2D eigenvalue weighted by Gasteiger charge is 2.42. The van der Waals surface area contributed by atoms with Crippen molar-refractivity contribution in [3.05, 3.63) is 60.8 Å². The summed E-state index contributed by atoms with van der Waals surface area (Å²) >= 11 is 0. The van der Waals surface area contributed by atoms with Crippen molar-refractivity contribution in [3.8, 4) is 0 Å². The Hall–Kier alpha value is -2.56. The van der Waals surface area contributed by atoms with E-state index in [0.29, 0.717) is 6.42 Å². The van der Waals surface area contributed by atoms with Crippen LogP contribution < -0.4 is 16.6 Å². The van der Waals surface area contributed by atoms with Crippen LogP contribution >= 0.6 is 0 Å². The molecule has 0 fully saturated rings. The van der Waals surface area contributed by atoms with E-state index in [9.17, 15) is 4.79 Å². The Labute approximate surface area is 143 Å². The normalized spacial score (nSPS) is 30.5. The summed E-state index contributed by atoms with van der Waals surface area (Å²) in [5.74, 6) is -0.480. The van der Waals surface area contributed by atoms with Crippen LogP contribution in [-0.2, 0) is 4.79 Å². The van der Waals surface area contributed by atoms with Gasteiger partial charge in [0.15, 0.2) is 0 Å². The second-order valence-corrected chi connectivity index (χ2v) is 6.49. The smallest absolute Gasteiger partial charge is 0.248 e. The summed E-state index contributed by atoms with van der Waals surface area (Å²) in [6, 6.07) is 0. The Morgan fingerprint density at radius 1 is 0.917 bits per heavy atom. The van der Waals surface area contributed by atoms with Gasteiger partial charge in [-0.1, -0.05) is 60.8 Å². The Morgan fingerprint density at radius 3 is 2.00 bits per heavy atom. The zero-order chi connectivity index (χ0) is 17.5. The average molecular weight is 326 g/mol. The van der Waals surface area contributed by atoms with Crippen molar-refractivity contribution < 1.29 is 4.79 Å². The number of rotatable bonds is 1. The molecule has 2 rings (SSSR count). The largest absolute Gasteiger partial charge is 0.369 e. The first-order valence-corrected chi connectivity index (χ1v) is 8.22. The Balaban J connectivity index is 2.15. The van der Waals surface area contributed by atoms with E-state index < -0.39 is 5.41 Å². The van der Waals surface area contributed by atoms with Gasteiger partial charge in [0.1, 0.15) is 0 Å². The fourth-order valence-electron chi connectivity index (χ4n) is 3.00. The minimum absolute atomic E-state index is 0.196. The van der Waals surface area contributed by atoms with Crippen LogP contribution in [0.15, 0.2) is 60.8 Å². The number of carbonyl (C=O) groups is 1. The lowest BCUT2D eigenvalue weighted by Crippen LogP contribution is -2.50. The zero-order valence-electron chi connectivity index (χ0n) is 14.1. The maximum absolute atomic E-state index is 12.4. The monoisotopic (exact) mass is 326 g/mol. The number of amides is 1. The van der Waals surface area contributed by atoms with Crippen molar-refractivity contribution in [1.82, 2.24) is 10.9 Å². The number of nitrogens with two attached hydrogens (primary N) is 1. The molecular formula is C19H26N4O. The third-order valence-corrected chi connectivity index (χ3v) is 4.27. The summed E-state index contributed by atoms with van der Waals surface area (Å²) in [5.41, 5.74) is 9.17. The second-order valence-electron chi connectivity index (χ2n) is 6.49. The molecule has 5 nitrogen and oxygen atoms in total. The Kier molecular flexibility index (Phi) is 5.79. The molecule has 0 aliphatic heterocycles. The van der Waals surface area contributed by atoms with Gasteiger partial charge in [0.2, 0.25) is 11.9 Å². The lowest BCUT2D eigenvalue weighted by Gasteiger charge is -2.27. The number of hydrazine groups is 1. The van der Waals surface area contributed by atoms with Crippen LogP contribution in [0.1, 0.15) is 32.6 Å². The number of carbonyl (C=O) groups excluding carboxylic acids is 1. The quantitative estimate of drug-likeness (QED) is 0.258. The SMILES string of the molecule is CC1(C(=O)NNC(=N)N)C=CC2(/C=C\C/C=C\C/C=C\C/C=C\2)C1. The van der Waals surface area contributed by atoms with E-state index in [-0.39, 0.29) is 17.3 Å². The highest BCUT2D eigenvalue weighted by molar-refractivity contribution is 5.87. The fraction of sp³-hybridized carbons (Fsp3) is 0.368. The molecule has 1 atom stereocenters. The molecule has 0 saturated carbocycles. The number of hydrogen-bond acceptors (Lipinski definition) is 2. The molecule has 2 aliphatic rings. The van der Waals surface area contributed by atoms with Crippen LogP contribution in [0.4, 0.5) is 0 Å². The summed E-state index contributed by atoms with van der Waals surface area (Å²) in [6.45, 7) is 1.90. The molecule has 1 spiro atoms. The zero-order valence-corrected chi connectivity index (χ0v) is 14.1. The lowest BCUT2D eigenvalue weighted by atomic mass is 9.77. The van der Waals surface area contributed by atoms with Crippen LogP contribution in [-0.4, -0.2) is 11.9 Å². The molecule has 1 amide bonds. The highest BCUT2D eigenvalue weighted by atomic mass is 16.2. The van der Waals surface area contributed by atoms with Gasteiger partial charge >= 0.3 is 0 Å². The predicted octanol–water partition coefficient (Wildman–Crippen LogP) is 2.86. The van der Waals surface area contributed by atoms with Gasteiger partial charge in [0.25, 0.3) is 0 Å². The maximum Gasteiger partial charge on any atom is 0.248 e. The third-order valence-electron chi connectivity index (χ3n) is 4.27. The topological polar surface area (TPSA) is 91.0 Å². The van der Waals surface area contributed by atoms with Gasteiger partial charge < -0.3 is 5.73 Å². The van der Waals surface area contributed by atoms with Gasteiger partial charge in [-0.05, 0) is 32.6 Å². The first-order valence-electron chi connectivity index (χ1n) is 8.22. The van der Waals surface area contributed by atoms with Crippen LogP contribution in [0, 0.1) is 16.2 Å². The molecule has 0 heterocycles. The molecule has 0 bridgehead atoms. The molecule has 5 heteroatoms. The van der Waals surface area contributed by atoms with Gasteiger partial charge in [-0.25, -0.2) is 0 Å². The van der Waals surface area contributed by atoms with Crippen LogP contribution in [0.25, 0.3) is 0 Å². The van der Waals surface area contributed by atoms with Crippen molar-refractivity contribution in [2.75, 3.05) is 0 Å². The van der Waals surface area contributed by atoms with Crippen molar-refractivity contribution in [1.29, 1.82) is 5.41 Å². The molecule has 2 aliphatic carbocycles. The molecule has 0 saturated heterocycles. The number of allylic oxidation sites excluding steroid dienone is 9. The van der Waals surface area contributed by atoms with Crippen molar-refractivity contribution >= 4 is 11.9 Å². The van der Waals surface area contributed by atoms with Crippen molar-refractivity contribution in [2.24, 2.45) is 16.6 Å². The molecule has 0 radical (unpaired) electrons. The summed E-state index contributed by atoms with van der Waals surface area (Å²) in [4.78, 5) is 12.4. The molecule has 5 N–H and O–H groups in total. The molecule has 0 aromatic carbocycles. The summed E-state index contributed by atoms with van der Waals surface area (Å²) in [5, 5.41) is 7.15. The first kappa shape index (κ1) is 17.8. The Morgan fingerprint density at radius 2 is 1.46 bits per heavy atom. The maximum atomic E-state index is 12.4. The van der Waals surface area contributed by atoms with Gasteiger partial charge in [0, 0.05) is 5.41 Å². The highest BCUT2D eigenvalue weighted by Crippen LogP contribution is 2.46. The number of hydrogen-bond donors (Lipinski definition) is 4. The second kappa shape index (κ2) is 7.81. The van der Waals surface area contributed by atoms with Crippen LogP contribution in [0.5, 0.6) is 0 Å². The minimum atomic E-state index is -0.653. The molecule has 1 unspecified atom stereocenters. The van der Waals surface area contributed by atoms with E-state index in [0.717, 1.165) is 19.3 Å². The van der Waals surface area contributed by atoms with Gasteiger partial charge in [-0.15, -0.1) is 0 Å². The van der Waals surface area contributed by atoms with E-state index in [1.54, 1.807) is 0 Å². The van der Waals surface area contributed by atoms with E-state index in [2.05, 4.69) is 65.5 Å². The van der Waals surface area contributed by atoms with E-state index in [1.165, 1.54) is 0 Å². The average Bonchev–Trinajstić information content (AvgIpc) is 2.87. The predicted molar refractivity (Wildman–Crippen MR) is 97.9 cm³/mol. The molecular weight excluding hydrogens is 300 g/mol. The molecule has 128 valence electrons. The van der Waals surface area contributed by atoms with E-state index in [1.807, 2.05) is 13.0 Å². The molecule has 0 aromatic heterocycles. The van der Waals surface area contributed by atoms with Gasteiger partial charge in [-0.2, -0.15) is 0 Å². The molecule has 0 aromatic rings.